The number of nitrogens with zero attached hydrogens (tertiary/aromatic N) is 1. The van der Waals surface area contributed by atoms with Crippen LogP contribution in [0.4, 0.5) is 0 Å². The van der Waals surface area contributed by atoms with Gasteiger partial charge in [-0.3, -0.25) is 4.98 Å². The fraction of sp³-hybridized carbons (Fsp3) is 0.312. The minimum atomic E-state index is -0.200. The standard InChI is InChI=1S/C16H18N2O2/c1-2-20-15-6-13(7-18-8-15)16(17)11-3-4-12-9-19-10-14(12)5-11/h3-8,16H,2,9-10,17H2,1H3. The van der Waals surface area contributed by atoms with Crippen molar-refractivity contribution in [2.24, 2.45) is 5.73 Å². The van der Waals surface area contributed by atoms with Gasteiger partial charge in [-0.05, 0) is 35.2 Å². The highest BCUT2D eigenvalue weighted by atomic mass is 16.5. The quantitative estimate of drug-likeness (QED) is 0.927. The van der Waals surface area contributed by atoms with E-state index >= 15 is 0 Å². The Morgan fingerprint density at radius 1 is 1.20 bits per heavy atom. The molecule has 1 unspecified atom stereocenters. The van der Waals surface area contributed by atoms with E-state index in [0.29, 0.717) is 19.8 Å². The van der Waals surface area contributed by atoms with Gasteiger partial charge < -0.3 is 15.2 Å². The number of hydrogen-bond acceptors (Lipinski definition) is 4. The molecule has 1 aromatic heterocycles. The maximum absolute atomic E-state index is 6.34. The second-order valence-corrected chi connectivity index (χ2v) is 4.89. The van der Waals surface area contributed by atoms with Crippen molar-refractivity contribution in [3.05, 3.63) is 58.9 Å². The van der Waals surface area contributed by atoms with Gasteiger partial charge >= 0.3 is 0 Å². The Bertz CT molecular complexity index is 613. The van der Waals surface area contributed by atoms with Crippen LogP contribution >= 0.6 is 0 Å². The Labute approximate surface area is 118 Å². The highest BCUT2D eigenvalue weighted by Crippen LogP contribution is 2.27. The second kappa shape index (κ2) is 5.61. The summed E-state index contributed by atoms with van der Waals surface area (Å²) in [5.74, 6) is 0.755. The number of fused-ring (bicyclic) bond motifs is 1. The van der Waals surface area contributed by atoms with Crippen molar-refractivity contribution in [2.75, 3.05) is 6.61 Å². The van der Waals surface area contributed by atoms with E-state index in [1.807, 2.05) is 13.0 Å². The lowest BCUT2D eigenvalue weighted by Crippen LogP contribution is -2.12. The average Bonchev–Trinajstić information content (AvgIpc) is 2.94. The van der Waals surface area contributed by atoms with E-state index < -0.39 is 0 Å². The fourth-order valence-electron chi connectivity index (χ4n) is 2.43. The molecule has 4 nitrogen and oxygen atoms in total. The molecule has 0 radical (unpaired) electrons. The largest absolute Gasteiger partial charge is 0.492 e. The molecule has 1 aliphatic rings. The van der Waals surface area contributed by atoms with Crippen LogP contribution in [-0.2, 0) is 18.0 Å². The molecular weight excluding hydrogens is 252 g/mol. The van der Waals surface area contributed by atoms with Gasteiger partial charge in [0.05, 0.1) is 32.1 Å². The number of hydrogen-bond donors (Lipinski definition) is 1. The Kier molecular flexibility index (Phi) is 3.67. The van der Waals surface area contributed by atoms with Crippen LogP contribution in [0.2, 0.25) is 0 Å². The average molecular weight is 270 g/mol. The van der Waals surface area contributed by atoms with Crippen molar-refractivity contribution < 1.29 is 9.47 Å². The molecule has 20 heavy (non-hydrogen) atoms. The topological polar surface area (TPSA) is 57.4 Å². The summed E-state index contributed by atoms with van der Waals surface area (Å²) in [6, 6.07) is 8.03. The molecule has 1 aliphatic heterocycles. The normalized spacial score (nSPS) is 14.9. The lowest BCUT2D eigenvalue weighted by Gasteiger charge is -2.14. The molecule has 1 aromatic carbocycles. The molecule has 4 heteroatoms. The predicted octanol–water partition coefficient (Wildman–Crippen LogP) is 2.56. The summed E-state index contributed by atoms with van der Waals surface area (Å²) in [6.07, 6.45) is 3.49. The third kappa shape index (κ3) is 2.53. The van der Waals surface area contributed by atoms with Gasteiger partial charge in [0.15, 0.2) is 0 Å². The van der Waals surface area contributed by atoms with Crippen molar-refractivity contribution in [3.63, 3.8) is 0 Å². The molecule has 2 N–H and O–H groups in total. The van der Waals surface area contributed by atoms with Crippen LogP contribution < -0.4 is 10.5 Å². The van der Waals surface area contributed by atoms with Gasteiger partial charge in [0.25, 0.3) is 0 Å². The summed E-state index contributed by atoms with van der Waals surface area (Å²) >= 11 is 0. The molecule has 0 spiro atoms. The van der Waals surface area contributed by atoms with E-state index in [-0.39, 0.29) is 6.04 Å². The van der Waals surface area contributed by atoms with Crippen LogP contribution in [-0.4, -0.2) is 11.6 Å². The van der Waals surface area contributed by atoms with Crippen LogP contribution in [0.15, 0.2) is 36.7 Å². The molecule has 104 valence electrons. The van der Waals surface area contributed by atoms with Crippen molar-refractivity contribution in [1.82, 2.24) is 4.98 Å². The first-order valence-corrected chi connectivity index (χ1v) is 6.80. The van der Waals surface area contributed by atoms with Crippen LogP contribution in [0.1, 0.15) is 35.2 Å². The van der Waals surface area contributed by atoms with Gasteiger partial charge in [0.2, 0.25) is 0 Å². The first kappa shape index (κ1) is 13.1. The lowest BCUT2D eigenvalue weighted by atomic mass is 9.97. The van der Waals surface area contributed by atoms with Crippen molar-refractivity contribution in [3.8, 4) is 5.75 Å². The third-order valence-corrected chi connectivity index (χ3v) is 3.51. The minimum absolute atomic E-state index is 0.200. The monoisotopic (exact) mass is 270 g/mol. The van der Waals surface area contributed by atoms with E-state index in [4.69, 9.17) is 15.2 Å². The number of rotatable bonds is 4. The molecule has 0 saturated carbocycles. The third-order valence-electron chi connectivity index (χ3n) is 3.51. The zero-order valence-corrected chi connectivity index (χ0v) is 11.5. The zero-order chi connectivity index (χ0) is 13.9. The molecule has 0 fully saturated rings. The summed E-state index contributed by atoms with van der Waals surface area (Å²) in [5.41, 5.74) is 10.8. The van der Waals surface area contributed by atoms with E-state index in [0.717, 1.165) is 16.9 Å². The summed E-state index contributed by atoms with van der Waals surface area (Å²) in [4.78, 5) is 4.19. The summed E-state index contributed by atoms with van der Waals surface area (Å²) < 4.78 is 10.9. The molecule has 1 atom stereocenters. The van der Waals surface area contributed by atoms with Crippen LogP contribution in [0.5, 0.6) is 5.75 Å². The van der Waals surface area contributed by atoms with Gasteiger partial charge in [-0.15, -0.1) is 0 Å². The number of aromatic nitrogens is 1. The highest BCUT2D eigenvalue weighted by Gasteiger charge is 2.15. The van der Waals surface area contributed by atoms with E-state index in [9.17, 15) is 0 Å². The molecular formula is C16H18N2O2. The van der Waals surface area contributed by atoms with E-state index in [1.165, 1.54) is 11.1 Å². The van der Waals surface area contributed by atoms with Crippen molar-refractivity contribution >= 4 is 0 Å². The fourth-order valence-corrected chi connectivity index (χ4v) is 2.43. The minimum Gasteiger partial charge on any atom is -0.492 e. The van der Waals surface area contributed by atoms with Crippen LogP contribution in [0.3, 0.4) is 0 Å². The lowest BCUT2D eigenvalue weighted by molar-refractivity contribution is 0.134. The Morgan fingerprint density at radius 3 is 2.90 bits per heavy atom. The van der Waals surface area contributed by atoms with Gasteiger partial charge in [0, 0.05) is 6.20 Å². The highest BCUT2D eigenvalue weighted by molar-refractivity contribution is 5.39. The summed E-state index contributed by atoms with van der Waals surface area (Å²) in [6.45, 7) is 3.95. The SMILES string of the molecule is CCOc1cncc(C(N)c2ccc3c(c2)COC3)c1. The van der Waals surface area contributed by atoms with Gasteiger partial charge in [0.1, 0.15) is 5.75 Å². The molecule has 0 aliphatic carbocycles. The predicted molar refractivity (Wildman–Crippen MR) is 76.4 cm³/mol. The van der Waals surface area contributed by atoms with E-state index in [2.05, 4.69) is 23.2 Å². The van der Waals surface area contributed by atoms with Gasteiger partial charge in [-0.1, -0.05) is 18.2 Å². The number of pyridine rings is 1. The number of benzene rings is 1. The second-order valence-electron chi connectivity index (χ2n) is 4.89. The first-order valence-electron chi connectivity index (χ1n) is 6.80. The summed E-state index contributed by atoms with van der Waals surface area (Å²) in [7, 11) is 0. The Morgan fingerprint density at radius 2 is 2.05 bits per heavy atom. The number of ether oxygens (including phenoxy) is 2. The molecule has 2 heterocycles. The van der Waals surface area contributed by atoms with Crippen LogP contribution in [0.25, 0.3) is 0 Å². The molecule has 2 aromatic rings. The first-order chi connectivity index (χ1) is 9.78. The number of nitrogens with two attached hydrogens (primary N) is 1. The smallest absolute Gasteiger partial charge is 0.137 e. The van der Waals surface area contributed by atoms with Crippen molar-refractivity contribution in [1.29, 1.82) is 0 Å². The maximum Gasteiger partial charge on any atom is 0.137 e. The van der Waals surface area contributed by atoms with Crippen molar-refractivity contribution in [2.45, 2.75) is 26.2 Å². The Balaban J connectivity index is 1.88. The van der Waals surface area contributed by atoms with Crippen LogP contribution in [0, 0.1) is 0 Å². The molecule has 0 amide bonds. The maximum atomic E-state index is 6.34. The van der Waals surface area contributed by atoms with E-state index in [1.54, 1.807) is 12.4 Å². The van der Waals surface area contributed by atoms with Gasteiger partial charge in [-0.25, -0.2) is 0 Å². The molecule has 0 bridgehead atoms. The van der Waals surface area contributed by atoms with Gasteiger partial charge in [-0.2, -0.15) is 0 Å². The molecule has 0 saturated heterocycles. The molecule has 3 rings (SSSR count). The Hall–Kier alpha value is -1.91. The summed E-state index contributed by atoms with van der Waals surface area (Å²) in [5, 5.41) is 0. The zero-order valence-electron chi connectivity index (χ0n) is 11.5.